The molecule has 0 saturated carbocycles. The number of rotatable bonds is 3. The van der Waals surface area contributed by atoms with E-state index in [1.165, 1.54) is 0 Å². The van der Waals surface area contributed by atoms with Crippen molar-refractivity contribution in [3.8, 4) is 5.75 Å². The normalized spacial score (nSPS) is 14.2. The van der Waals surface area contributed by atoms with Gasteiger partial charge in [0, 0.05) is 17.6 Å². The Balaban J connectivity index is 2.43. The van der Waals surface area contributed by atoms with E-state index in [-0.39, 0.29) is 11.8 Å². The molecule has 0 heterocycles. The Morgan fingerprint density at radius 2 is 2.11 bits per heavy atom. The highest BCUT2D eigenvalue weighted by Gasteiger charge is 2.20. The lowest BCUT2D eigenvalue weighted by atomic mass is 10.0. The highest BCUT2D eigenvalue weighted by atomic mass is 16.5. The first-order chi connectivity index (χ1) is 9.15. The highest BCUT2D eigenvalue weighted by Crippen LogP contribution is 2.27. The number of methoxy groups -OCH3 is 1. The summed E-state index contributed by atoms with van der Waals surface area (Å²) in [6.07, 6.45) is 2.46. The number of Topliss-reactive ketones (excluding diaryl/α,β-unsaturated/α-hetero) is 1. The van der Waals surface area contributed by atoms with Crippen LogP contribution in [-0.4, -0.2) is 25.5 Å². The van der Waals surface area contributed by atoms with E-state index in [1.54, 1.807) is 38.3 Å². The predicted octanol–water partition coefficient (Wildman–Crippen LogP) is 2.62. The molecule has 0 saturated heterocycles. The summed E-state index contributed by atoms with van der Waals surface area (Å²) >= 11 is 0. The third-order valence-corrected chi connectivity index (χ3v) is 3.05. The number of ketones is 1. The average Bonchev–Trinajstić information content (AvgIpc) is 2.58. The Bertz CT molecular complexity index is 543. The van der Waals surface area contributed by atoms with Crippen LogP contribution in [0.25, 0.3) is 6.08 Å². The lowest BCUT2D eigenvalue weighted by Gasteiger charge is -2.05. The van der Waals surface area contributed by atoms with E-state index in [0.29, 0.717) is 41.9 Å². The van der Waals surface area contributed by atoms with Crippen LogP contribution in [0.2, 0.25) is 0 Å². The van der Waals surface area contributed by atoms with Gasteiger partial charge in [0.25, 0.3) is 0 Å². The van der Waals surface area contributed by atoms with Crippen LogP contribution >= 0.6 is 0 Å². The smallest absolute Gasteiger partial charge is 0.334 e. The van der Waals surface area contributed by atoms with Gasteiger partial charge in [0.2, 0.25) is 0 Å². The summed E-state index contributed by atoms with van der Waals surface area (Å²) in [5, 5.41) is 0. The molecule has 0 aromatic heterocycles. The third kappa shape index (κ3) is 2.84. The molecule has 0 spiro atoms. The quantitative estimate of drug-likeness (QED) is 0.784. The first kappa shape index (κ1) is 13.3. The molecule has 0 radical (unpaired) electrons. The number of benzene rings is 1. The summed E-state index contributed by atoms with van der Waals surface area (Å²) in [7, 11) is 1.57. The van der Waals surface area contributed by atoms with Crippen molar-refractivity contribution in [1.82, 2.24) is 0 Å². The summed E-state index contributed by atoms with van der Waals surface area (Å²) in [6.45, 7) is 2.09. The van der Waals surface area contributed by atoms with E-state index in [0.717, 1.165) is 0 Å². The number of hydrogen-bond donors (Lipinski definition) is 0. The molecule has 1 aliphatic carbocycles. The zero-order chi connectivity index (χ0) is 13.8. The number of carbonyl (C=O) groups is 2. The number of ether oxygens (including phenoxy) is 2. The lowest BCUT2D eigenvalue weighted by Crippen LogP contribution is -2.07. The SMILES string of the molecule is CCOC(=O)C1=Cc2cc(OC)ccc2C(=O)CC1. The van der Waals surface area contributed by atoms with Gasteiger partial charge in [0.15, 0.2) is 5.78 Å². The van der Waals surface area contributed by atoms with Crippen molar-refractivity contribution in [2.24, 2.45) is 0 Å². The van der Waals surface area contributed by atoms with Crippen molar-refractivity contribution in [2.75, 3.05) is 13.7 Å². The van der Waals surface area contributed by atoms with E-state index in [9.17, 15) is 9.59 Å². The highest BCUT2D eigenvalue weighted by molar-refractivity contribution is 6.04. The molecule has 2 rings (SSSR count). The minimum atomic E-state index is -0.356. The summed E-state index contributed by atoms with van der Waals surface area (Å²) in [4.78, 5) is 23.8. The van der Waals surface area contributed by atoms with Crippen LogP contribution in [0.3, 0.4) is 0 Å². The van der Waals surface area contributed by atoms with Gasteiger partial charge in [0.05, 0.1) is 13.7 Å². The van der Waals surface area contributed by atoms with Crippen LogP contribution in [0, 0.1) is 0 Å². The van der Waals surface area contributed by atoms with Crippen molar-refractivity contribution in [3.05, 3.63) is 34.9 Å². The van der Waals surface area contributed by atoms with Crippen molar-refractivity contribution < 1.29 is 19.1 Å². The van der Waals surface area contributed by atoms with Crippen LogP contribution in [-0.2, 0) is 9.53 Å². The number of fused-ring (bicyclic) bond motifs is 1. The summed E-state index contributed by atoms with van der Waals surface area (Å²) in [5.74, 6) is 0.340. The van der Waals surface area contributed by atoms with Gasteiger partial charge in [-0.25, -0.2) is 4.79 Å². The Labute approximate surface area is 112 Å². The van der Waals surface area contributed by atoms with Gasteiger partial charge >= 0.3 is 5.97 Å². The van der Waals surface area contributed by atoms with Crippen molar-refractivity contribution >= 4 is 17.8 Å². The standard InChI is InChI=1S/C15H16O4/c1-3-19-15(17)10-4-7-14(16)13-6-5-12(18-2)9-11(13)8-10/h5-6,8-9H,3-4,7H2,1-2H3. The molecule has 4 heteroatoms. The largest absolute Gasteiger partial charge is 0.497 e. The van der Waals surface area contributed by atoms with Crippen molar-refractivity contribution in [3.63, 3.8) is 0 Å². The molecule has 0 unspecified atom stereocenters. The first-order valence-corrected chi connectivity index (χ1v) is 6.24. The van der Waals surface area contributed by atoms with Crippen molar-refractivity contribution in [1.29, 1.82) is 0 Å². The van der Waals surface area contributed by atoms with E-state index in [1.807, 2.05) is 0 Å². The molecular weight excluding hydrogens is 244 g/mol. The van der Waals surface area contributed by atoms with Crippen LogP contribution < -0.4 is 4.74 Å². The maximum Gasteiger partial charge on any atom is 0.334 e. The Kier molecular flexibility index (Phi) is 4.00. The molecule has 0 amide bonds. The van der Waals surface area contributed by atoms with Gasteiger partial charge in [-0.3, -0.25) is 4.79 Å². The average molecular weight is 260 g/mol. The van der Waals surface area contributed by atoms with E-state index in [2.05, 4.69) is 0 Å². The van der Waals surface area contributed by atoms with Gasteiger partial charge in [-0.05, 0) is 43.2 Å². The molecule has 0 aliphatic heterocycles. The van der Waals surface area contributed by atoms with E-state index < -0.39 is 0 Å². The second kappa shape index (κ2) is 5.69. The van der Waals surface area contributed by atoms with Crippen LogP contribution in [0.15, 0.2) is 23.8 Å². The molecule has 0 fully saturated rings. The monoisotopic (exact) mass is 260 g/mol. The number of carbonyl (C=O) groups excluding carboxylic acids is 2. The maximum atomic E-state index is 12.0. The molecule has 4 nitrogen and oxygen atoms in total. The summed E-state index contributed by atoms with van der Waals surface area (Å²) in [6, 6.07) is 5.25. The van der Waals surface area contributed by atoms with E-state index in [4.69, 9.17) is 9.47 Å². The maximum absolute atomic E-state index is 12.0. The van der Waals surface area contributed by atoms with Gasteiger partial charge < -0.3 is 9.47 Å². The zero-order valence-corrected chi connectivity index (χ0v) is 11.1. The Hall–Kier alpha value is -2.10. The molecule has 0 bridgehead atoms. The fourth-order valence-corrected chi connectivity index (χ4v) is 2.07. The number of esters is 1. The van der Waals surface area contributed by atoms with Crippen molar-refractivity contribution in [2.45, 2.75) is 19.8 Å². The molecular formula is C15H16O4. The Morgan fingerprint density at radius 3 is 2.79 bits per heavy atom. The zero-order valence-electron chi connectivity index (χ0n) is 11.1. The minimum absolute atomic E-state index is 0.0354. The van der Waals surface area contributed by atoms with Gasteiger partial charge in [0.1, 0.15) is 5.75 Å². The second-order valence-electron chi connectivity index (χ2n) is 4.27. The van der Waals surface area contributed by atoms with Gasteiger partial charge in [-0.2, -0.15) is 0 Å². The van der Waals surface area contributed by atoms with Gasteiger partial charge in [-0.1, -0.05) is 0 Å². The molecule has 100 valence electrons. The summed E-state index contributed by atoms with van der Waals surface area (Å²) < 4.78 is 10.1. The first-order valence-electron chi connectivity index (χ1n) is 6.24. The molecule has 19 heavy (non-hydrogen) atoms. The Morgan fingerprint density at radius 1 is 1.32 bits per heavy atom. The molecule has 0 atom stereocenters. The van der Waals surface area contributed by atoms with Crippen LogP contribution in [0.1, 0.15) is 35.7 Å². The van der Waals surface area contributed by atoms with Crippen LogP contribution in [0.5, 0.6) is 5.75 Å². The van der Waals surface area contributed by atoms with E-state index >= 15 is 0 Å². The predicted molar refractivity (Wildman–Crippen MR) is 71.2 cm³/mol. The fourth-order valence-electron chi connectivity index (χ4n) is 2.07. The molecule has 0 N–H and O–H groups in total. The lowest BCUT2D eigenvalue weighted by molar-refractivity contribution is -0.138. The fraction of sp³-hybridized carbons (Fsp3) is 0.333. The topological polar surface area (TPSA) is 52.6 Å². The second-order valence-corrected chi connectivity index (χ2v) is 4.27. The van der Waals surface area contributed by atoms with Gasteiger partial charge in [-0.15, -0.1) is 0 Å². The molecule has 1 aromatic carbocycles. The molecule has 1 aliphatic rings. The third-order valence-electron chi connectivity index (χ3n) is 3.05. The summed E-state index contributed by atoms with van der Waals surface area (Å²) in [5.41, 5.74) is 1.87. The van der Waals surface area contributed by atoms with Crippen LogP contribution in [0.4, 0.5) is 0 Å². The molecule has 1 aromatic rings. The number of hydrogen-bond acceptors (Lipinski definition) is 4. The minimum Gasteiger partial charge on any atom is -0.497 e.